The molecule has 0 aliphatic rings. The van der Waals surface area contributed by atoms with E-state index in [1.807, 2.05) is 60.7 Å². The average molecular weight is 452 g/mol. The van der Waals surface area contributed by atoms with Crippen molar-refractivity contribution in [1.82, 2.24) is 0 Å². The molecule has 0 radical (unpaired) electrons. The number of nitrogens with zero attached hydrogens (tertiary/aromatic N) is 3. The topological polar surface area (TPSA) is 99.1 Å². The third kappa shape index (κ3) is 5.85. The maximum absolute atomic E-state index is 8.84. The molecule has 0 aliphatic heterocycles. The molecule has 3 aromatic carbocycles. The van der Waals surface area contributed by atoms with Crippen molar-refractivity contribution < 1.29 is 14.2 Å². The van der Waals surface area contributed by atoms with Gasteiger partial charge in [-0.2, -0.15) is 0 Å². The summed E-state index contributed by atoms with van der Waals surface area (Å²) in [4.78, 5) is 0. The first kappa shape index (κ1) is 24.2. The lowest BCUT2D eigenvalue weighted by Crippen LogP contribution is -2.29. The second-order valence-corrected chi connectivity index (χ2v) is 7.96. The molecular weight excluding hydrogens is 426 g/mol. The van der Waals surface area contributed by atoms with Crippen LogP contribution in [-0.4, -0.2) is 0 Å². The highest BCUT2D eigenvalue weighted by Gasteiger charge is 2.33. The molecule has 34 heavy (non-hydrogen) atoms. The van der Waals surface area contributed by atoms with E-state index in [-0.39, 0.29) is 5.41 Å². The summed E-state index contributed by atoms with van der Waals surface area (Å²) in [6.07, 6.45) is 9.77. The first-order valence-electron chi connectivity index (χ1n) is 11.1. The third-order valence-corrected chi connectivity index (χ3v) is 6.03. The van der Waals surface area contributed by atoms with Crippen LogP contribution in [0, 0.1) is 34.6 Å². The van der Waals surface area contributed by atoms with Crippen molar-refractivity contribution in [1.29, 1.82) is 15.8 Å². The van der Waals surface area contributed by atoms with Gasteiger partial charge in [-0.15, -0.1) is 15.8 Å². The molecule has 0 saturated heterocycles. The molecule has 0 saturated carbocycles. The summed E-state index contributed by atoms with van der Waals surface area (Å²) in [6.45, 7) is 2.17. The van der Waals surface area contributed by atoms with Crippen molar-refractivity contribution in [3.63, 3.8) is 0 Å². The Morgan fingerprint density at radius 1 is 0.618 bits per heavy atom. The van der Waals surface area contributed by atoms with Gasteiger partial charge in [0.05, 0.1) is 0 Å². The molecule has 0 spiro atoms. The SMILES string of the molecule is CCCCC(CCc1ccc(OC#N)cc1)(c1ccc(OC#N)cc1)c1ccc(OC#N)cc1. The summed E-state index contributed by atoms with van der Waals surface area (Å²) < 4.78 is 14.9. The monoisotopic (exact) mass is 451 g/mol. The molecule has 0 aromatic heterocycles. The van der Waals surface area contributed by atoms with E-state index in [1.165, 1.54) is 0 Å². The third-order valence-electron chi connectivity index (χ3n) is 6.03. The van der Waals surface area contributed by atoms with Gasteiger partial charge < -0.3 is 14.2 Å². The van der Waals surface area contributed by atoms with E-state index in [9.17, 15) is 0 Å². The number of hydrogen-bond donors (Lipinski definition) is 0. The van der Waals surface area contributed by atoms with E-state index in [1.54, 1.807) is 30.9 Å². The van der Waals surface area contributed by atoms with Gasteiger partial charge in [-0.05, 0) is 72.4 Å². The van der Waals surface area contributed by atoms with Crippen molar-refractivity contribution in [3.05, 3.63) is 89.5 Å². The van der Waals surface area contributed by atoms with Crippen molar-refractivity contribution in [3.8, 4) is 36.0 Å². The van der Waals surface area contributed by atoms with E-state index in [0.717, 1.165) is 48.8 Å². The molecular formula is C28H25N3O3. The van der Waals surface area contributed by atoms with Crippen molar-refractivity contribution in [2.75, 3.05) is 0 Å². The Morgan fingerprint density at radius 3 is 1.41 bits per heavy atom. The molecule has 0 heterocycles. The predicted octanol–water partition coefficient (Wildman–Crippen LogP) is 6.38. The van der Waals surface area contributed by atoms with Crippen molar-refractivity contribution >= 4 is 0 Å². The van der Waals surface area contributed by atoms with E-state index in [0.29, 0.717) is 17.2 Å². The second kappa shape index (κ2) is 12.0. The first-order valence-corrected chi connectivity index (χ1v) is 11.1. The van der Waals surface area contributed by atoms with E-state index < -0.39 is 0 Å². The first-order chi connectivity index (χ1) is 16.6. The Hall–Kier alpha value is -4.47. The number of nitriles is 3. The Bertz CT molecular complexity index is 1120. The standard InChI is InChI=1S/C28H25N3O3/c1-2-3-17-28(23-6-12-26(13-7-23)33-20-30,24-8-14-27(15-9-24)34-21-31)18-16-22-4-10-25(11-5-22)32-19-29/h4-15H,2-3,16-18H2,1H3. The maximum Gasteiger partial charge on any atom is 0.292 e. The highest BCUT2D eigenvalue weighted by Crippen LogP contribution is 2.42. The number of benzene rings is 3. The fourth-order valence-corrected chi connectivity index (χ4v) is 4.27. The summed E-state index contributed by atoms with van der Waals surface area (Å²) in [5, 5.41) is 26.4. The minimum absolute atomic E-state index is 0.297. The molecule has 6 nitrogen and oxygen atoms in total. The van der Waals surface area contributed by atoms with Crippen LogP contribution in [0.5, 0.6) is 17.2 Å². The summed E-state index contributed by atoms with van der Waals surface area (Å²) >= 11 is 0. The average Bonchev–Trinajstić information content (AvgIpc) is 2.87. The molecule has 6 heteroatoms. The van der Waals surface area contributed by atoms with E-state index in [2.05, 4.69) is 6.92 Å². The van der Waals surface area contributed by atoms with Crippen LogP contribution >= 0.6 is 0 Å². The zero-order valence-electron chi connectivity index (χ0n) is 19.0. The normalized spacial score (nSPS) is 10.4. The lowest BCUT2D eigenvalue weighted by atomic mass is 9.68. The molecule has 3 rings (SSSR count). The van der Waals surface area contributed by atoms with Gasteiger partial charge in [-0.25, -0.2) is 0 Å². The molecule has 3 aromatic rings. The minimum atomic E-state index is -0.297. The van der Waals surface area contributed by atoms with Crippen LogP contribution in [0.1, 0.15) is 49.3 Å². The number of ether oxygens (including phenoxy) is 3. The predicted molar refractivity (Wildman–Crippen MR) is 127 cm³/mol. The summed E-state index contributed by atoms with van der Waals surface area (Å²) in [5.74, 6) is 1.52. The number of rotatable bonds is 11. The Kier molecular flexibility index (Phi) is 8.50. The molecule has 0 atom stereocenters. The zero-order chi connectivity index (χ0) is 24.2. The van der Waals surface area contributed by atoms with Gasteiger partial charge in [0.1, 0.15) is 17.2 Å². The van der Waals surface area contributed by atoms with Crippen LogP contribution in [0.2, 0.25) is 0 Å². The molecule has 0 unspecified atom stereocenters. The molecule has 0 amide bonds. The fraction of sp³-hybridized carbons (Fsp3) is 0.250. The highest BCUT2D eigenvalue weighted by atomic mass is 16.5. The van der Waals surface area contributed by atoms with Crippen molar-refractivity contribution in [2.24, 2.45) is 0 Å². The van der Waals surface area contributed by atoms with E-state index >= 15 is 0 Å². The van der Waals surface area contributed by atoms with Gasteiger partial charge in [0.15, 0.2) is 0 Å². The number of unbranched alkanes of at least 4 members (excludes halogenated alkanes) is 1. The van der Waals surface area contributed by atoms with Crippen LogP contribution in [0.15, 0.2) is 72.8 Å². The quantitative estimate of drug-likeness (QED) is 0.314. The summed E-state index contributed by atoms with van der Waals surface area (Å²) in [6, 6.07) is 22.9. The zero-order valence-corrected chi connectivity index (χ0v) is 19.0. The van der Waals surface area contributed by atoms with Gasteiger partial charge in [0.25, 0.3) is 18.8 Å². The maximum atomic E-state index is 8.84. The molecule has 0 fully saturated rings. The van der Waals surface area contributed by atoms with Crippen LogP contribution in [0.3, 0.4) is 0 Å². The second-order valence-electron chi connectivity index (χ2n) is 7.96. The smallest absolute Gasteiger partial charge is 0.292 e. The van der Waals surface area contributed by atoms with Gasteiger partial charge in [-0.1, -0.05) is 56.2 Å². The van der Waals surface area contributed by atoms with Gasteiger partial charge in [0.2, 0.25) is 0 Å². The van der Waals surface area contributed by atoms with Crippen LogP contribution in [0.25, 0.3) is 0 Å². The van der Waals surface area contributed by atoms with Crippen LogP contribution in [-0.2, 0) is 11.8 Å². The van der Waals surface area contributed by atoms with Gasteiger partial charge >= 0.3 is 0 Å². The van der Waals surface area contributed by atoms with Crippen LogP contribution < -0.4 is 14.2 Å². The number of hydrogen-bond acceptors (Lipinski definition) is 6. The molecule has 0 bridgehead atoms. The highest BCUT2D eigenvalue weighted by molar-refractivity contribution is 5.44. The van der Waals surface area contributed by atoms with Crippen molar-refractivity contribution in [2.45, 2.75) is 44.4 Å². The summed E-state index contributed by atoms with van der Waals surface area (Å²) in [7, 11) is 0. The largest absolute Gasteiger partial charge is 0.388 e. The van der Waals surface area contributed by atoms with E-state index in [4.69, 9.17) is 30.0 Å². The Labute approximate surface area is 200 Å². The van der Waals surface area contributed by atoms with Gasteiger partial charge in [0, 0.05) is 5.41 Å². The fourth-order valence-electron chi connectivity index (χ4n) is 4.27. The number of aryl methyl sites for hydroxylation is 1. The lowest BCUT2D eigenvalue weighted by molar-refractivity contribution is 0.418. The Balaban J connectivity index is 2.01. The molecule has 0 N–H and O–H groups in total. The summed E-state index contributed by atoms with van der Waals surface area (Å²) in [5.41, 5.74) is 3.10. The Morgan fingerprint density at radius 2 is 1.03 bits per heavy atom. The van der Waals surface area contributed by atoms with Crippen LogP contribution in [0.4, 0.5) is 0 Å². The molecule has 0 aliphatic carbocycles. The lowest BCUT2D eigenvalue weighted by Gasteiger charge is -2.36. The molecule has 170 valence electrons. The minimum Gasteiger partial charge on any atom is -0.388 e. The van der Waals surface area contributed by atoms with Gasteiger partial charge in [-0.3, -0.25) is 0 Å².